The molecule has 0 aromatic heterocycles. The van der Waals surface area contributed by atoms with Gasteiger partial charge in [-0.1, -0.05) is 6.92 Å². The lowest BCUT2D eigenvalue weighted by atomic mass is 9.95. The molecular weight excluding hydrogens is 208 g/mol. The zero-order valence-electron chi connectivity index (χ0n) is 11.7. The number of hydrogen-bond donors (Lipinski definition) is 0. The monoisotopic (exact) mass is 236 g/mol. The summed E-state index contributed by atoms with van der Waals surface area (Å²) in [4.78, 5) is 5.39. The molecule has 0 spiro atoms. The Kier molecular flexibility index (Phi) is 3.20. The second-order valence-electron chi connectivity index (χ2n) is 6.98. The summed E-state index contributed by atoms with van der Waals surface area (Å²) in [6.45, 7) is 14.0. The normalized spacial score (nSPS) is 39.9. The summed E-state index contributed by atoms with van der Waals surface area (Å²) in [6, 6.07) is 0.747. The van der Waals surface area contributed by atoms with E-state index in [4.69, 9.17) is 0 Å². The smallest absolute Gasteiger partial charge is 0.00385 e. The Balaban J connectivity index is 1.40. The molecule has 98 valence electrons. The lowest BCUT2D eigenvalue weighted by Crippen LogP contribution is -2.41. The Morgan fingerprint density at radius 1 is 1.06 bits per heavy atom. The van der Waals surface area contributed by atoms with E-state index >= 15 is 0 Å². The minimum absolute atomic E-state index is 0.747. The number of likely N-dealkylation sites (tertiary alicyclic amines) is 2. The lowest BCUT2D eigenvalue weighted by Gasteiger charge is -2.36. The Bertz CT molecular complexity index is 256. The third-order valence-corrected chi connectivity index (χ3v) is 5.59. The van der Waals surface area contributed by atoms with E-state index in [0.717, 1.165) is 29.7 Å². The number of nitrogens with zero attached hydrogens (tertiary/aromatic N) is 2. The predicted octanol–water partition coefficient (Wildman–Crippen LogP) is 2.30. The van der Waals surface area contributed by atoms with Crippen molar-refractivity contribution in [3.8, 4) is 0 Å². The summed E-state index contributed by atoms with van der Waals surface area (Å²) in [5.41, 5.74) is 0. The molecule has 0 unspecified atom stereocenters. The fourth-order valence-electron chi connectivity index (χ4n) is 4.08. The van der Waals surface area contributed by atoms with E-state index in [2.05, 4.69) is 30.6 Å². The lowest BCUT2D eigenvalue weighted by molar-refractivity contribution is 0.124. The molecular formula is C15H28N2. The number of hydrogen-bond acceptors (Lipinski definition) is 2. The van der Waals surface area contributed by atoms with Crippen LogP contribution in [0.2, 0.25) is 0 Å². The van der Waals surface area contributed by atoms with E-state index in [1.54, 1.807) is 0 Å². The molecule has 0 radical (unpaired) electrons. The molecule has 3 aliphatic rings. The Morgan fingerprint density at radius 2 is 1.65 bits per heavy atom. The molecule has 0 aromatic carbocycles. The van der Waals surface area contributed by atoms with E-state index in [0.29, 0.717) is 0 Å². The zero-order chi connectivity index (χ0) is 12.0. The number of piperidine rings is 2. The Labute approximate surface area is 106 Å². The van der Waals surface area contributed by atoms with Gasteiger partial charge in [-0.3, -0.25) is 0 Å². The summed E-state index contributed by atoms with van der Waals surface area (Å²) in [5.74, 6) is 4.18. The third kappa shape index (κ3) is 2.39. The molecule has 0 amide bonds. The van der Waals surface area contributed by atoms with Crippen LogP contribution in [0.25, 0.3) is 0 Å². The molecule has 2 heterocycles. The summed E-state index contributed by atoms with van der Waals surface area (Å²) >= 11 is 0. The van der Waals surface area contributed by atoms with Gasteiger partial charge in [-0.25, -0.2) is 0 Å². The van der Waals surface area contributed by atoms with E-state index in [1.165, 1.54) is 45.6 Å². The highest BCUT2D eigenvalue weighted by Gasteiger charge is 2.52. The molecule has 2 heteroatoms. The zero-order valence-corrected chi connectivity index (χ0v) is 11.7. The molecule has 2 aliphatic heterocycles. The van der Waals surface area contributed by atoms with Gasteiger partial charge < -0.3 is 9.80 Å². The van der Waals surface area contributed by atoms with Crippen LogP contribution < -0.4 is 0 Å². The summed E-state index contributed by atoms with van der Waals surface area (Å²) < 4.78 is 0. The van der Waals surface area contributed by atoms with Crippen molar-refractivity contribution in [1.29, 1.82) is 0 Å². The first-order valence-corrected chi connectivity index (χ1v) is 7.61. The van der Waals surface area contributed by atoms with Crippen LogP contribution in [0.5, 0.6) is 0 Å². The predicted molar refractivity (Wildman–Crippen MR) is 72.0 cm³/mol. The average molecular weight is 236 g/mol. The van der Waals surface area contributed by atoms with Crippen LogP contribution in [0.1, 0.15) is 33.6 Å². The maximum absolute atomic E-state index is 2.75. The standard InChI is InChI=1S/C15H28N2/c1-11(2)17-6-4-13(5-7-17)8-16-9-14-12(3)15(14)10-16/h11-15H,4-10H2,1-3H3/t12-,14-,15+. The highest BCUT2D eigenvalue weighted by Crippen LogP contribution is 2.51. The molecule has 3 fully saturated rings. The first-order valence-electron chi connectivity index (χ1n) is 7.61. The van der Waals surface area contributed by atoms with Gasteiger partial charge >= 0.3 is 0 Å². The number of rotatable bonds is 3. The first kappa shape index (κ1) is 12.0. The second-order valence-corrected chi connectivity index (χ2v) is 6.98. The van der Waals surface area contributed by atoms with Crippen molar-refractivity contribution >= 4 is 0 Å². The maximum Gasteiger partial charge on any atom is 0.00385 e. The van der Waals surface area contributed by atoms with Crippen molar-refractivity contribution in [3.63, 3.8) is 0 Å². The van der Waals surface area contributed by atoms with E-state index < -0.39 is 0 Å². The van der Waals surface area contributed by atoms with E-state index in [1.807, 2.05) is 0 Å². The second kappa shape index (κ2) is 4.55. The van der Waals surface area contributed by atoms with Gasteiger partial charge in [-0.05, 0) is 63.5 Å². The van der Waals surface area contributed by atoms with Gasteiger partial charge in [0.1, 0.15) is 0 Å². The average Bonchev–Trinajstić information content (AvgIpc) is 2.76. The third-order valence-electron chi connectivity index (χ3n) is 5.59. The van der Waals surface area contributed by atoms with Crippen LogP contribution in [-0.4, -0.2) is 48.6 Å². The van der Waals surface area contributed by atoms with Crippen molar-refractivity contribution < 1.29 is 0 Å². The van der Waals surface area contributed by atoms with Crippen molar-refractivity contribution in [2.24, 2.45) is 23.7 Å². The summed E-state index contributed by atoms with van der Waals surface area (Å²) in [7, 11) is 0. The molecule has 2 saturated heterocycles. The van der Waals surface area contributed by atoms with Crippen LogP contribution in [0, 0.1) is 23.7 Å². The van der Waals surface area contributed by atoms with Gasteiger partial charge in [0.25, 0.3) is 0 Å². The quantitative estimate of drug-likeness (QED) is 0.742. The molecule has 3 atom stereocenters. The SMILES string of the molecule is CC(C)N1CCC(CN2C[C@@H]3[C@@H](C)[C@@H]3C2)CC1. The molecule has 1 aliphatic carbocycles. The molecule has 2 nitrogen and oxygen atoms in total. The topological polar surface area (TPSA) is 6.48 Å². The molecule has 17 heavy (non-hydrogen) atoms. The molecule has 1 saturated carbocycles. The van der Waals surface area contributed by atoms with Crippen molar-refractivity contribution in [2.75, 3.05) is 32.7 Å². The molecule has 0 N–H and O–H groups in total. The maximum atomic E-state index is 2.75. The highest BCUT2D eigenvalue weighted by molar-refractivity contribution is 5.03. The van der Waals surface area contributed by atoms with Gasteiger partial charge in [-0.15, -0.1) is 0 Å². The van der Waals surface area contributed by atoms with Crippen LogP contribution in [-0.2, 0) is 0 Å². The summed E-state index contributed by atoms with van der Waals surface area (Å²) in [6.07, 6.45) is 2.86. The van der Waals surface area contributed by atoms with Gasteiger partial charge in [0.05, 0.1) is 0 Å². The molecule has 3 rings (SSSR count). The number of fused-ring (bicyclic) bond motifs is 1. The van der Waals surface area contributed by atoms with Crippen molar-refractivity contribution in [2.45, 2.75) is 39.7 Å². The van der Waals surface area contributed by atoms with Crippen LogP contribution in [0.3, 0.4) is 0 Å². The minimum atomic E-state index is 0.747. The van der Waals surface area contributed by atoms with E-state index in [-0.39, 0.29) is 0 Å². The van der Waals surface area contributed by atoms with Crippen molar-refractivity contribution in [1.82, 2.24) is 9.80 Å². The van der Waals surface area contributed by atoms with Gasteiger partial charge in [0, 0.05) is 25.7 Å². The molecule has 0 aromatic rings. The van der Waals surface area contributed by atoms with E-state index in [9.17, 15) is 0 Å². The van der Waals surface area contributed by atoms with Gasteiger partial charge in [0.15, 0.2) is 0 Å². The molecule has 0 bridgehead atoms. The largest absolute Gasteiger partial charge is 0.302 e. The van der Waals surface area contributed by atoms with Crippen LogP contribution >= 0.6 is 0 Å². The van der Waals surface area contributed by atoms with Crippen molar-refractivity contribution in [3.05, 3.63) is 0 Å². The fourth-order valence-corrected chi connectivity index (χ4v) is 4.08. The first-order chi connectivity index (χ1) is 8.15. The minimum Gasteiger partial charge on any atom is -0.302 e. The highest BCUT2D eigenvalue weighted by atomic mass is 15.2. The Hall–Kier alpha value is -0.0800. The van der Waals surface area contributed by atoms with Gasteiger partial charge in [0.2, 0.25) is 0 Å². The van der Waals surface area contributed by atoms with Crippen LogP contribution in [0.4, 0.5) is 0 Å². The van der Waals surface area contributed by atoms with Crippen LogP contribution in [0.15, 0.2) is 0 Å². The van der Waals surface area contributed by atoms with Gasteiger partial charge in [-0.2, -0.15) is 0 Å². The summed E-state index contributed by atoms with van der Waals surface area (Å²) in [5, 5.41) is 0. The Morgan fingerprint density at radius 3 is 2.18 bits per heavy atom. The fraction of sp³-hybridized carbons (Fsp3) is 1.00.